The van der Waals surface area contributed by atoms with E-state index >= 15 is 0 Å². The molecule has 0 aromatic heterocycles. The molecule has 0 unspecified atom stereocenters. The Morgan fingerprint density at radius 2 is 2.10 bits per heavy atom. The molecule has 0 radical (unpaired) electrons. The van der Waals surface area contributed by atoms with E-state index in [1.807, 2.05) is 18.0 Å². The minimum Gasteiger partial charge on any atom is -0.385 e. The van der Waals surface area contributed by atoms with Crippen molar-refractivity contribution in [3.05, 3.63) is 28.2 Å². The largest absolute Gasteiger partial charge is 0.385 e. The van der Waals surface area contributed by atoms with Crippen molar-refractivity contribution >= 4 is 33.3 Å². The average Bonchev–Trinajstić information content (AvgIpc) is 2.65. The quantitative estimate of drug-likeness (QED) is 0.586. The number of ketones is 1. The van der Waals surface area contributed by atoms with Crippen LogP contribution < -0.4 is 4.90 Å². The molecule has 1 aliphatic heterocycles. The van der Waals surface area contributed by atoms with E-state index in [1.165, 1.54) is 4.90 Å². The van der Waals surface area contributed by atoms with Crippen LogP contribution in [0.5, 0.6) is 0 Å². The summed E-state index contributed by atoms with van der Waals surface area (Å²) >= 11 is 3.33. The van der Waals surface area contributed by atoms with E-state index in [0.29, 0.717) is 29.0 Å². The van der Waals surface area contributed by atoms with Crippen LogP contribution in [0.25, 0.3) is 0 Å². The molecule has 0 N–H and O–H groups in total. The third-order valence-corrected chi connectivity index (χ3v) is 3.88. The van der Waals surface area contributed by atoms with Gasteiger partial charge in [0.1, 0.15) is 0 Å². The lowest BCUT2D eigenvalue weighted by atomic mass is 10.1. The first-order chi connectivity index (χ1) is 9.56. The number of ether oxygens (including phenoxy) is 1. The molecule has 0 bridgehead atoms. The topological polar surface area (TPSA) is 49.9 Å². The highest BCUT2D eigenvalue weighted by Crippen LogP contribution is 2.34. The summed E-state index contributed by atoms with van der Waals surface area (Å²) in [5.74, 6) is -0.914. The SMILES string of the molecule is COCCCN(C)CN1C(=O)C(=O)c2c(Br)cccc21. The summed E-state index contributed by atoms with van der Waals surface area (Å²) in [6.45, 7) is 1.88. The fraction of sp³-hybridized carbons (Fsp3) is 0.429. The van der Waals surface area contributed by atoms with Crippen molar-refractivity contribution in [3.63, 3.8) is 0 Å². The molecule has 0 spiro atoms. The minimum absolute atomic E-state index is 0.401. The molecule has 0 fully saturated rings. The number of hydrogen-bond acceptors (Lipinski definition) is 4. The summed E-state index contributed by atoms with van der Waals surface area (Å²) in [6, 6.07) is 5.40. The van der Waals surface area contributed by atoms with Gasteiger partial charge in [-0.3, -0.25) is 19.4 Å². The maximum atomic E-state index is 12.1. The van der Waals surface area contributed by atoms with Crippen molar-refractivity contribution in [3.8, 4) is 0 Å². The Balaban J connectivity index is 2.12. The first-order valence-electron chi connectivity index (χ1n) is 6.38. The van der Waals surface area contributed by atoms with Crippen LogP contribution in [0.1, 0.15) is 16.8 Å². The van der Waals surface area contributed by atoms with Gasteiger partial charge in [-0.1, -0.05) is 6.07 Å². The number of fused-ring (bicyclic) bond motifs is 1. The molecule has 20 heavy (non-hydrogen) atoms. The summed E-state index contributed by atoms with van der Waals surface area (Å²) in [7, 11) is 3.58. The number of Topliss-reactive ketones (excluding diaryl/α,β-unsaturated/α-hetero) is 1. The third-order valence-electron chi connectivity index (χ3n) is 3.22. The average molecular weight is 341 g/mol. The number of anilines is 1. The number of hydrogen-bond donors (Lipinski definition) is 0. The van der Waals surface area contributed by atoms with Crippen LogP contribution in [-0.4, -0.2) is 50.6 Å². The lowest BCUT2D eigenvalue weighted by molar-refractivity contribution is -0.114. The normalized spacial score (nSPS) is 14.3. The number of nitrogens with zero attached hydrogens (tertiary/aromatic N) is 2. The number of benzene rings is 1. The molecule has 1 aliphatic rings. The van der Waals surface area contributed by atoms with Crippen molar-refractivity contribution < 1.29 is 14.3 Å². The van der Waals surface area contributed by atoms with E-state index in [2.05, 4.69) is 15.9 Å². The summed E-state index contributed by atoms with van der Waals surface area (Å²) in [5, 5.41) is 0. The predicted octanol–water partition coefficient (Wildman–Crippen LogP) is 1.90. The summed E-state index contributed by atoms with van der Waals surface area (Å²) in [4.78, 5) is 27.6. The van der Waals surface area contributed by atoms with Crippen LogP contribution in [0.15, 0.2) is 22.7 Å². The number of carbonyl (C=O) groups is 2. The first-order valence-corrected chi connectivity index (χ1v) is 7.17. The Morgan fingerprint density at radius 1 is 1.35 bits per heavy atom. The second-order valence-electron chi connectivity index (χ2n) is 4.76. The van der Waals surface area contributed by atoms with Crippen molar-refractivity contribution in [1.29, 1.82) is 0 Å². The van der Waals surface area contributed by atoms with E-state index in [-0.39, 0.29) is 0 Å². The third kappa shape index (κ3) is 2.92. The van der Waals surface area contributed by atoms with Gasteiger partial charge in [0.2, 0.25) is 0 Å². The van der Waals surface area contributed by atoms with Crippen molar-refractivity contribution in [2.75, 3.05) is 38.9 Å². The zero-order valence-corrected chi connectivity index (χ0v) is 13.1. The van der Waals surface area contributed by atoms with Gasteiger partial charge in [-0.25, -0.2) is 0 Å². The zero-order valence-electron chi connectivity index (χ0n) is 11.6. The number of methoxy groups -OCH3 is 1. The molecule has 5 nitrogen and oxygen atoms in total. The van der Waals surface area contributed by atoms with Crippen LogP contribution >= 0.6 is 15.9 Å². The van der Waals surface area contributed by atoms with Crippen LogP contribution in [0.4, 0.5) is 5.69 Å². The molecular formula is C14H17BrN2O3. The highest BCUT2D eigenvalue weighted by molar-refractivity contribution is 9.10. The first kappa shape index (κ1) is 15.2. The Bertz CT molecular complexity index is 533. The second-order valence-corrected chi connectivity index (χ2v) is 5.62. The van der Waals surface area contributed by atoms with Crippen LogP contribution in [0.3, 0.4) is 0 Å². The molecule has 1 amide bonds. The van der Waals surface area contributed by atoms with Gasteiger partial charge in [-0.15, -0.1) is 0 Å². The van der Waals surface area contributed by atoms with Gasteiger partial charge in [0.05, 0.1) is 17.9 Å². The van der Waals surface area contributed by atoms with Gasteiger partial charge < -0.3 is 4.74 Å². The van der Waals surface area contributed by atoms with Gasteiger partial charge in [-0.05, 0) is 41.5 Å². The summed E-state index contributed by atoms with van der Waals surface area (Å²) in [5.41, 5.74) is 1.13. The van der Waals surface area contributed by atoms with Crippen LogP contribution in [0.2, 0.25) is 0 Å². The summed E-state index contributed by atoms with van der Waals surface area (Å²) < 4.78 is 5.67. The van der Waals surface area contributed by atoms with Crippen molar-refractivity contribution in [2.45, 2.75) is 6.42 Å². The number of carbonyl (C=O) groups excluding carboxylic acids is 2. The molecule has 6 heteroatoms. The lowest BCUT2D eigenvalue weighted by Gasteiger charge is -2.24. The molecule has 0 atom stereocenters. The maximum Gasteiger partial charge on any atom is 0.300 e. The highest BCUT2D eigenvalue weighted by atomic mass is 79.9. The van der Waals surface area contributed by atoms with Crippen LogP contribution in [0, 0.1) is 0 Å². The number of halogens is 1. The van der Waals surface area contributed by atoms with E-state index in [9.17, 15) is 9.59 Å². The van der Waals surface area contributed by atoms with E-state index in [4.69, 9.17) is 4.74 Å². The monoisotopic (exact) mass is 340 g/mol. The molecular weight excluding hydrogens is 324 g/mol. The Labute approximate surface area is 126 Å². The van der Waals surface area contributed by atoms with Gasteiger partial charge in [0.25, 0.3) is 5.78 Å². The predicted molar refractivity (Wildman–Crippen MR) is 79.9 cm³/mol. The highest BCUT2D eigenvalue weighted by Gasteiger charge is 2.37. The molecule has 1 heterocycles. The molecule has 2 rings (SSSR count). The Morgan fingerprint density at radius 3 is 2.80 bits per heavy atom. The standard InChI is InChI=1S/C14H17BrN2O3/c1-16(7-4-8-20-2)9-17-11-6-3-5-10(15)12(11)13(18)14(17)19/h3,5-6H,4,7-9H2,1-2H3. The number of amides is 1. The molecule has 0 saturated carbocycles. The van der Waals surface area contributed by atoms with Crippen LogP contribution in [-0.2, 0) is 9.53 Å². The number of rotatable bonds is 6. The van der Waals surface area contributed by atoms with Crippen molar-refractivity contribution in [1.82, 2.24) is 4.90 Å². The summed E-state index contributed by atoms with van der Waals surface area (Å²) in [6.07, 6.45) is 0.883. The minimum atomic E-state index is -0.467. The second kappa shape index (κ2) is 6.47. The molecule has 1 aromatic carbocycles. The lowest BCUT2D eigenvalue weighted by Crippen LogP contribution is -2.39. The smallest absolute Gasteiger partial charge is 0.300 e. The van der Waals surface area contributed by atoms with Gasteiger partial charge >= 0.3 is 5.91 Å². The van der Waals surface area contributed by atoms with Gasteiger partial charge in [0, 0.05) is 24.7 Å². The van der Waals surface area contributed by atoms with E-state index < -0.39 is 11.7 Å². The molecule has 1 aromatic rings. The molecule has 0 saturated heterocycles. The van der Waals surface area contributed by atoms with Gasteiger partial charge in [0.15, 0.2) is 0 Å². The zero-order chi connectivity index (χ0) is 14.7. The molecule has 0 aliphatic carbocycles. The molecule has 108 valence electrons. The van der Waals surface area contributed by atoms with E-state index in [1.54, 1.807) is 19.2 Å². The fourth-order valence-electron chi connectivity index (χ4n) is 2.23. The fourth-order valence-corrected chi connectivity index (χ4v) is 2.77. The van der Waals surface area contributed by atoms with E-state index in [0.717, 1.165) is 13.0 Å². The maximum absolute atomic E-state index is 12.1. The Hall–Kier alpha value is -1.24. The van der Waals surface area contributed by atoms with Gasteiger partial charge in [-0.2, -0.15) is 0 Å². The Kier molecular flexibility index (Phi) is 4.91. The van der Waals surface area contributed by atoms with Crippen molar-refractivity contribution in [2.24, 2.45) is 0 Å².